The van der Waals surface area contributed by atoms with Crippen LogP contribution in [-0.4, -0.2) is 17.7 Å². The van der Waals surface area contributed by atoms with Crippen LogP contribution in [0.4, 0.5) is 0 Å². The molecular formula is C3H10NO2PS. The minimum Gasteiger partial charge on any atom is -0.326 e. The van der Waals surface area contributed by atoms with Crippen molar-refractivity contribution >= 4 is 18.1 Å². The van der Waals surface area contributed by atoms with Gasteiger partial charge in [0.05, 0.1) is 0 Å². The van der Waals surface area contributed by atoms with E-state index in [1.54, 1.807) is 13.2 Å². The van der Waals surface area contributed by atoms with Crippen LogP contribution in [-0.2, 0) is 4.57 Å². The van der Waals surface area contributed by atoms with Crippen LogP contribution >= 0.6 is 18.1 Å². The SMILES string of the molecule is CCNP(=O)(O)SC. The van der Waals surface area contributed by atoms with Crippen molar-refractivity contribution < 1.29 is 9.46 Å². The van der Waals surface area contributed by atoms with E-state index in [4.69, 9.17) is 4.89 Å². The van der Waals surface area contributed by atoms with Crippen molar-refractivity contribution in [3.63, 3.8) is 0 Å². The summed E-state index contributed by atoms with van der Waals surface area (Å²) < 4.78 is 10.6. The highest BCUT2D eigenvalue weighted by molar-refractivity contribution is 8.55. The molecule has 2 N–H and O–H groups in total. The van der Waals surface area contributed by atoms with Crippen molar-refractivity contribution in [1.82, 2.24) is 5.09 Å². The first-order valence-corrected chi connectivity index (χ1v) is 5.75. The highest BCUT2D eigenvalue weighted by atomic mass is 32.7. The molecule has 0 radical (unpaired) electrons. The Morgan fingerprint density at radius 1 is 1.88 bits per heavy atom. The molecule has 0 aliphatic rings. The Balaban J connectivity index is 3.55. The second-order valence-corrected chi connectivity index (χ2v) is 5.52. The quantitative estimate of drug-likeness (QED) is 0.598. The molecule has 0 heterocycles. The molecule has 5 heteroatoms. The first-order valence-electron chi connectivity index (χ1n) is 2.26. The first kappa shape index (κ1) is 8.50. The second kappa shape index (κ2) is 3.51. The lowest BCUT2D eigenvalue weighted by molar-refractivity contribution is 0.485. The molecule has 1 unspecified atom stereocenters. The Kier molecular flexibility index (Phi) is 3.73. The fraction of sp³-hybridized carbons (Fsp3) is 1.00. The van der Waals surface area contributed by atoms with Gasteiger partial charge in [-0.1, -0.05) is 18.3 Å². The fourth-order valence-electron chi connectivity index (χ4n) is 0.264. The Morgan fingerprint density at radius 2 is 2.38 bits per heavy atom. The van der Waals surface area contributed by atoms with Gasteiger partial charge in [0.2, 0.25) is 0 Å². The lowest BCUT2D eigenvalue weighted by Crippen LogP contribution is -2.05. The smallest absolute Gasteiger partial charge is 0.323 e. The zero-order chi connectivity index (χ0) is 6.62. The molecule has 0 amide bonds. The Morgan fingerprint density at radius 3 is 2.50 bits per heavy atom. The van der Waals surface area contributed by atoms with Gasteiger partial charge in [-0.15, -0.1) is 0 Å². The maximum atomic E-state index is 10.6. The van der Waals surface area contributed by atoms with Crippen molar-refractivity contribution in [2.45, 2.75) is 6.92 Å². The monoisotopic (exact) mass is 155 g/mol. The van der Waals surface area contributed by atoms with Gasteiger partial charge in [-0.3, -0.25) is 4.57 Å². The summed E-state index contributed by atoms with van der Waals surface area (Å²) >= 11 is 0.952. The number of hydrogen-bond donors (Lipinski definition) is 2. The van der Waals surface area contributed by atoms with Crippen LogP contribution in [0.5, 0.6) is 0 Å². The summed E-state index contributed by atoms with van der Waals surface area (Å²) in [5.41, 5.74) is 0. The van der Waals surface area contributed by atoms with Crippen molar-refractivity contribution in [2.75, 3.05) is 12.8 Å². The zero-order valence-corrected chi connectivity index (χ0v) is 6.63. The summed E-state index contributed by atoms with van der Waals surface area (Å²) in [6.45, 7) is -0.680. The molecule has 0 fully saturated rings. The van der Waals surface area contributed by atoms with Crippen LogP contribution < -0.4 is 5.09 Å². The van der Waals surface area contributed by atoms with Gasteiger partial charge in [0, 0.05) is 6.54 Å². The molecule has 0 saturated carbocycles. The minimum absolute atomic E-state index is 0.536. The van der Waals surface area contributed by atoms with Gasteiger partial charge in [0.15, 0.2) is 0 Å². The number of nitrogens with one attached hydrogen (secondary N) is 1. The molecule has 0 aliphatic heterocycles. The molecule has 0 aliphatic carbocycles. The van der Waals surface area contributed by atoms with Crippen LogP contribution in [0.3, 0.4) is 0 Å². The molecule has 1 atom stereocenters. The molecule has 0 bridgehead atoms. The van der Waals surface area contributed by atoms with Crippen molar-refractivity contribution in [3.05, 3.63) is 0 Å². The molecular weight excluding hydrogens is 145 g/mol. The van der Waals surface area contributed by atoms with E-state index in [-0.39, 0.29) is 0 Å². The van der Waals surface area contributed by atoms with E-state index in [2.05, 4.69) is 5.09 Å². The Bertz CT molecular complexity index is 107. The Labute approximate surface area is 53.1 Å². The molecule has 0 aromatic rings. The van der Waals surface area contributed by atoms with Crippen molar-refractivity contribution in [1.29, 1.82) is 0 Å². The summed E-state index contributed by atoms with van der Waals surface area (Å²) in [4.78, 5) is 8.73. The van der Waals surface area contributed by atoms with Gasteiger partial charge in [-0.05, 0) is 6.26 Å². The standard InChI is InChI=1S/C3H10NO2PS/c1-3-4-7(5,6)8-2/h3H2,1-2H3,(H2,4,5,6). The zero-order valence-electron chi connectivity index (χ0n) is 4.92. The summed E-state index contributed by atoms with van der Waals surface area (Å²) in [5.74, 6) is 0. The number of hydrogen-bond acceptors (Lipinski definition) is 2. The predicted octanol–water partition coefficient (Wildman–Crippen LogP) is 1.06. The number of rotatable bonds is 3. The molecule has 0 spiro atoms. The molecule has 3 nitrogen and oxygen atoms in total. The van der Waals surface area contributed by atoms with Crippen LogP contribution in [0.25, 0.3) is 0 Å². The lowest BCUT2D eigenvalue weighted by Gasteiger charge is -2.05. The van der Waals surface area contributed by atoms with Crippen LogP contribution in [0.2, 0.25) is 0 Å². The van der Waals surface area contributed by atoms with Gasteiger partial charge in [0.1, 0.15) is 0 Å². The van der Waals surface area contributed by atoms with E-state index in [0.717, 1.165) is 11.4 Å². The van der Waals surface area contributed by atoms with Gasteiger partial charge < -0.3 is 4.89 Å². The van der Waals surface area contributed by atoms with Gasteiger partial charge in [0.25, 0.3) is 0 Å². The third-order valence-corrected chi connectivity index (χ3v) is 3.69. The van der Waals surface area contributed by atoms with Crippen molar-refractivity contribution in [2.24, 2.45) is 0 Å². The van der Waals surface area contributed by atoms with Gasteiger partial charge in [-0.25, -0.2) is 5.09 Å². The van der Waals surface area contributed by atoms with Gasteiger partial charge >= 0.3 is 6.72 Å². The summed E-state index contributed by atoms with van der Waals surface area (Å²) in [6.07, 6.45) is 1.60. The second-order valence-electron chi connectivity index (χ2n) is 1.21. The summed E-state index contributed by atoms with van der Waals surface area (Å²) in [6, 6.07) is 0. The molecule has 8 heavy (non-hydrogen) atoms. The first-order chi connectivity index (χ1) is 3.62. The predicted molar refractivity (Wildman–Crippen MR) is 37.0 cm³/mol. The summed E-state index contributed by atoms with van der Waals surface area (Å²) in [7, 11) is 0. The average Bonchev–Trinajstić information content (AvgIpc) is 1.67. The minimum atomic E-state index is -3.01. The molecule has 0 saturated heterocycles. The van der Waals surface area contributed by atoms with Crippen LogP contribution in [0, 0.1) is 0 Å². The van der Waals surface area contributed by atoms with Crippen LogP contribution in [0.1, 0.15) is 6.92 Å². The Hall–Kier alpha value is 0.500. The maximum Gasteiger partial charge on any atom is 0.323 e. The summed E-state index contributed by atoms with van der Waals surface area (Å²) in [5, 5.41) is 2.45. The fourth-order valence-corrected chi connectivity index (χ4v) is 1.57. The normalized spacial score (nSPS) is 17.9. The van der Waals surface area contributed by atoms with Crippen molar-refractivity contribution in [3.8, 4) is 0 Å². The molecule has 0 rings (SSSR count). The van der Waals surface area contributed by atoms with E-state index in [1.165, 1.54) is 0 Å². The largest absolute Gasteiger partial charge is 0.326 e. The molecule has 50 valence electrons. The average molecular weight is 155 g/mol. The highest BCUT2D eigenvalue weighted by Crippen LogP contribution is 2.47. The topological polar surface area (TPSA) is 49.3 Å². The van der Waals surface area contributed by atoms with E-state index in [1.807, 2.05) is 0 Å². The lowest BCUT2D eigenvalue weighted by atomic mass is 10.8. The third-order valence-electron chi connectivity index (χ3n) is 0.605. The molecule has 0 aromatic carbocycles. The van der Waals surface area contributed by atoms with E-state index >= 15 is 0 Å². The third kappa shape index (κ3) is 3.50. The van der Waals surface area contributed by atoms with E-state index < -0.39 is 6.72 Å². The van der Waals surface area contributed by atoms with E-state index in [9.17, 15) is 4.57 Å². The van der Waals surface area contributed by atoms with Crippen LogP contribution in [0.15, 0.2) is 0 Å². The highest BCUT2D eigenvalue weighted by Gasteiger charge is 2.11. The van der Waals surface area contributed by atoms with E-state index in [0.29, 0.717) is 6.54 Å². The van der Waals surface area contributed by atoms with Gasteiger partial charge in [-0.2, -0.15) is 0 Å². The maximum absolute atomic E-state index is 10.6. The molecule has 0 aromatic heterocycles.